The van der Waals surface area contributed by atoms with Crippen LogP contribution in [0.15, 0.2) is 18.2 Å². The van der Waals surface area contributed by atoms with Gasteiger partial charge < -0.3 is 5.32 Å². The predicted molar refractivity (Wildman–Crippen MR) is 58.1 cm³/mol. The number of carbonyl (C=O) groups excluding carboxylic acids is 1. The standard InChI is InChI=1S/C12H12F2N2O/c1-2-3-11(7-15)16-12(17)8-4-9(13)6-10(14)5-8/h4-6,11H,2-3H2,1H3,(H,16,17). The molecule has 1 atom stereocenters. The minimum Gasteiger partial charge on any atom is -0.336 e. The van der Waals surface area contributed by atoms with Crippen molar-refractivity contribution in [3.63, 3.8) is 0 Å². The van der Waals surface area contributed by atoms with E-state index in [1.54, 1.807) is 0 Å². The highest BCUT2D eigenvalue weighted by Gasteiger charge is 2.13. The highest BCUT2D eigenvalue weighted by atomic mass is 19.1. The van der Waals surface area contributed by atoms with E-state index in [1.807, 2.05) is 13.0 Å². The third kappa shape index (κ3) is 3.83. The first-order chi connectivity index (χ1) is 8.06. The number of rotatable bonds is 4. The van der Waals surface area contributed by atoms with Crippen molar-refractivity contribution in [1.82, 2.24) is 5.32 Å². The second-order valence-corrected chi connectivity index (χ2v) is 3.60. The van der Waals surface area contributed by atoms with Crippen LogP contribution in [0.25, 0.3) is 0 Å². The summed E-state index contributed by atoms with van der Waals surface area (Å²) in [5.74, 6) is -2.29. The fourth-order valence-corrected chi connectivity index (χ4v) is 1.38. The molecule has 1 amide bonds. The number of carbonyl (C=O) groups is 1. The topological polar surface area (TPSA) is 52.9 Å². The van der Waals surface area contributed by atoms with Crippen LogP contribution in [-0.2, 0) is 0 Å². The Labute approximate surface area is 98.1 Å². The van der Waals surface area contributed by atoms with Gasteiger partial charge in [0.2, 0.25) is 0 Å². The maximum atomic E-state index is 12.9. The van der Waals surface area contributed by atoms with Crippen molar-refractivity contribution in [3.05, 3.63) is 35.4 Å². The second-order valence-electron chi connectivity index (χ2n) is 3.60. The Morgan fingerprint density at radius 2 is 2.00 bits per heavy atom. The van der Waals surface area contributed by atoms with E-state index < -0.39 is 23.6 Å². The van der Waals surface area contributed by atoms with Crippen LogP contribution < -0.4 is 5.32 Å². The summed E-state index contributed by atoms with van der Waals surface area (Å²) in [7, 11) is 0. The highest BCUT2D eigenvalue weighted by molar-refractivity contribution is 5.94. The van der Waals surface area contributed by atoms with Gasteiger partial charge in [-0.25, -0.2) is 8.78 Å². The van der Waals surface area contributed by atoms with E-state index in [9.17, 15) is 13.6 Å². The van der Waals surface area contributed by atoms with Crippen molar-refractivity contribution in [3.8, 4) is 6.07 Å². The Hall–Kier alpha value is -1.96. The number of amides is 1. The Morgan fingerprint density at radius 3 is 2.47 bits per heavy atom. The molecular weight excluding hydrogens is 226 g/mol. The molecule has 3 nitrogen and oxygen atoms in total. The van der Waals surface area contributed by atoms with Gasteiger partial charge in [-0.2, -0.15) is 5.26 Å². The van der Waals surface area contributed by atoms with Gasteiger partial charge in [0.05, 0.1) is 6.07 Å². The maximum absolute atomic E-state index is 12.9. The fourth-order valence-electron chi connectivity index (χ4n) is 1.38. The molecule has 1 aromatic carbocycles. The van der Waals surface area contributed by atoms with Crippen LogP contribution in [-0.4, -0.2) is 11.9 Å². The van der Waals surface area contributed by atoms with Crippen molar-refractivity contribution in [2.75, 3.05) is 0 Å². The molecule has 0 aliphatic carbocycles. The van der Waals surface area contributed by atoms with Crippen molar-refractivity contribution in [1.29, 1.82) is 5.26 Å². The largest absolute Gasteiger partial charge is 0.336 e. The molecule has 1 N–H and O–H groups in total. The maximum Gasteiger partial charge on any atom is 0.252 e. The first-order valence-electron chi connectivity index (χ1n) is 5.23. The van der Waals surface area contributed by atoms with E-state index in [-0.39, 0.29) is 5.56 Å². The number of halogens is 2. The first-order valence-corrected chi connectivity index (χ1v) is 5.23. The Bertz CT molecular complexity index is 434. The minimum absolute atomic E-state index is 0.126. The molecule has 0 aromatic heterocycles. The monoisotopic (exact) mass is 238 g/mol. The first kappa shape index (κ1) is 13.1. The lowest BCUT2D eigenvalue weighted by atomic mass is 10.1. The van der Waals surface area contributed by atoms with E-state index in [1.165, 1.54) is 0 Å². The number of benzene rings is 1. The lowest BCUT2D eigenvalue weighted by Crippen LogP contribution is -2.33. The summed E-state index contributed by atoms with van der Waals surface area (Å²) in [5, 5.41) is 11.2. The molecule has 0 heterocycles. The molecule has 17 heavy (non-hydrogen) atoms. The summed E-state index contributed by atoms with van der Waals surface area (Å²) in [5.41, 5.74) is -0.126. The SMILES string of the molecule is CCCC(C#N)NC(=O)c1cc(F)cc(F)c1. The summed E-state index contributed by atoms with van der Waals surface area (Å²) in [6.07, 6.45) is 1.23. The third-order valence-corrected chi connectivity index (χ3v) is 2.16. The number of hydrogen-bond donors (Lipinski definition) is 1. The molecule has 0 radical (unpaired) electrons. The van der Waals surface area contributed by atoms with Gasteiger partial charge in [-0.1, -0.05) is 13.3 Å². The predicted octanol–water partition coefficient (Wildman–Crippen LogP) is 2.39. The van der Waals surface area contributed by atoms with Crippen LogP contribution in [0.2, 0.25) is 0 Å². The third-order valence-electron chi connectivity index (χ3n) is 2.16. The molecule has 0 aliphatic heterocycles. The zero-order valence-corrected chi connectivity index (χ0v) is 9.34. The molecule has 5 heteroatoms. The fraction of sp³-hybridized carbons (Fsp3) is 0.333. The van der Waals surface area contributed by atoms with Gasteiger partial charge in [-0.3, -0.25) is 4.79 Å². The zero-order valence-electron chi connectivity index (χ0n) is 9.34. The normalized spacial score (nSPS) is 11.6. The van der Waals surface area contributed by atoms with Crippen molar-refractivity contribution in [2.24, 2.45) is 0 Å². The summed E-state index contributed by atoms with van der Waals surface area (Å²) < 4.78 is 25.7. The van der Waals surface area contributed by atoms with E-state index in [2.05, 4.69) is 5.32 Å². The molecule has 0 saturated carbocycles. The number of hydrogen-bond acceptors (Lipinski definition) is 2. The molecule has 0 aliphatic rings. The van der Waals surface area contributed by atoms with Gasteiger partial charge in [0.25, 0.3) is 5.91 Å². The number of nitrogens with one attached hydrogen (secondary N) is 1. The van der Waals surface area contributed by atoms with Crippen molar-refractivity contribution >= 4 is 5.91 Å². The van der Waals surface area contributed by atoms with Gasteiger partial charge in [-0.15, -0.1) is 0 Å². The number of nitriles is 1. The van der Waals surface area contributed by atoms with Gasteiger partial charge in [0, 0.05) is 11.6 Å². The van der Waals surface area contributed by atoms with Crippen molar-refractivity contribution in [2.45, 2.75) is 25.8 Å². The average Bonchev–Trinajstić information content (AvgIpc) is 2.27. The molecule has 0 saturated heterocycles. The van der Waals surface area contributed by atoms with Crippen LogP contribution in [0.5, 0.6) is 0 Å². The van der Waals surface area contributed by atoms with Gasteiger partial charge in [-0.05, 0) is 18.6 Å². The van der Waals surface area contributed by atoms with Crippen LogP contribution in [0, 0.1) is 23.0 Å². The molecular formula is C12H12F2N2O. The molecule has 1 aromatic rings. The van der Waals surface area contributed by atoms with Gasteiger partial charge in [0.15, 0.2) is 0 Å². The lowest BCUT2D eigenvalue weighted by molar-refractivity contribution is 0.0943. The quantitative estimate of drug-likeness (QED) is 0.875. The summed E-state index contributed by atoms with van der Waals surface area (Å²) >= 11 is 0. The Morgan fingerprint density at radius 1 is 1.41 bits per heavy atom. The summed E-state index contributed by atoms with van der Waals surface area (Å²) in [6, 6.07) is 3.82. The second kappa shape index (κ2) is 5.94. The van der Waals surface area contributed by atoms with Gasteiger partial charge >= 0.3 is 0 Å². The molecule has 0 spiro atoms. The van der Waals surface area contributed by atoms with Crippen LogP contribution in [0.1, 0.15) is 30.1 Å². The minimum atomic E-state index is -0.820. The summed E-state index contributed by atoms with van der Waals surface area (Å²) in [4.78, 5) is 11.6. The van der Waals surface area contributed by atoms with Gasteiger partial charge in [0.1, 0.15) is 17.7 Å². The van der Waals surface area contributed by atoms with E-state index in [0.717, 1.165) is 18.6 Å². The molecule has 90 valence electrons. The molecule has 0 fully saturated rings. The Balaban J connectivity index is 2.79. The molecule has 1 unspecified atom stereocenters. The highest BCUT2D eigenvalue weighted by Crippen LogP contribution is 2.08. The van der Waals surface area contributed by atoms with Crippen LogP contribution in [0.4, 0.5) is 8.78 Å². The molecule has 1 rings (SSSR count). The van der Waals surface area contributed by atoms with Crippen LogP contribution >= 0.6 is 0 Å². The Kier molecular flexibility index (Phi) is 4.58. The average molecular weight is 238 g/mol. The zero-order chi connectivity index (χ0) is 12.8. The lowest BCUT2D eigenvalue weighted by Gasteiger charge is -2.10. The summed E-state index contributed by atoms with van der Waals surface area (Å²) in [6.45, 7) is 1.87. The van der Waals surface area contributed by atoms with E-state index in [0.29, 0.717) is 12.5 Å². The van der Waals surface area contributed by atoms with Crippen molar-refractivity contribution < 1.29 is 13.6 Å². The van der Waals surface area contributed by atoms with E-state index >= 15 is 0 Å². The van der Waals surface area contributed by atoms with Crippen LogP contribution in [0.3, 0.4) is 0 Å². The number of nitrogens with zero attached hydrogens (tertiary/aromatic N) is 1. The van der Waals surface area contributed by atoms with E-state index in [4.69, 9.17) is 5.26 Å². The molecule has 0 bridgehead atoms. The smallest absolute Gasteiger partial charge is 0.252 e.